The molecule has 0 amide bonds. The topological polar surface area (TPSA) is 71.8 Å². The van der Waals surface area contributed by atoms with Gasteiger partial charge in [0.25, 0.3) is 0 Å². The lowest BCUT2D eigenvalue weighted by Gasteiger charge is -2.35. The van der Waals surface area contributed by atoms with Crippen molar-refractivity contribution in [2.75, 3.05) is 0 Å². The van der Waals surface area contributed by atoms with Crippen LogP contribution in [-0.4, -0.2) is 27.1 Å². The number of oxazole rings is 1. The zero-order chi connectivity index (χ0) is 25.0. The molecule has 1 N–H and O–H groups in total. The van der Waals surface area contributed by atoms with Crippen LogP contribution in [0.5, 0.6) is 0 Å². The molecule has 0 spiro atoms. The first-order chi connectivity index (χ1) is 16.5. The van der Waals surface area contributed by atoms with E-state index in [1.165, 1.54) is 18.5 Å². The van der Waals surface area contributed by atoms with Gasteiger partial charge in [-0.1, -0.05) is 0 Å². The van der Waals surface area contributed by atoms with E-state index in [-0.39, 0.29) is 48.5 Å². The van der Waals surface area contributed by atoms with Gasteiger partial charge in [-0.05, 0) is 50.2 Å². The summed E-state index contributed by atoms with van der Waals surface area (Å²) in [4.78, 5) is 24.6. The van der Waals surface area contributed by atoms with Gasteiger partial charge >= 0.3 is 6.18 Å². The summed E-state index contributed by atoms with van der Waals surface area (Å²) in [5.74, 6) is -4.46. The van der Waals surface area contributed by atoms with Crippen molar-refractivity contribution in [3.63, 3.8) is 0 Å². The molecule has 0 saturated heterocycles. The van der Waals surface area contributed by atoms with Crippen molar-refractivity contribution in [1.82, 2.24) is 15.0 Å². The van der Waals surface area contributed by atoms with Crippen LogP contribution in [0.15, 0.2) is 40.0 Å². The summed E-state index contributed by atoms with van der Waals surface area (Å²) < 4.78 is 71.9. The van der Waals surface area contributed by atoms with Crippen LogP contribution in [-0.2, 0) is 0 Å². The minimum atomic E-state index is -4.23. The molecule has 3 aromatic rings. The minimum absolute atomic E-state index is 0.00537. The lowest BCUT2D eigenvalue weighted by atomic mass is 9.74. The van der Waals surface area contributed by atoms with Crippen LogP contribution in [0.25, 0.3) is 22.7 Å². The molecule has 2 fully saturated rings. The van der Waals surface area contributed by atoms with Crippen LogP contribution < -0.4 is 5.43 Å². The summed E-state index contributed by atoms with van der Waals surface area (Å²) in [6, 6.07) is 3.15. The van der Waals surface area contributed by atoms with Gasteiger partial charge in [-0.3, -0.25) is 9.78 Å². The molecule has 10 heteroatoms. The van der Waals surface area contributed by atoms with Crippen LogP contribution in [0.1, 0.15) is 67.3 Å². The molecule has 5 nitrogen and oxygen atoms in total. The number of rotatable bonds is 4. The van der Waals surface area contributed by atoms with E-state index < -0.39 is 23.9 Å². The summed E-state index contributed by atoms with van der Waals surface area (Å²) in [5, 5.41) is 0. The second-order valence-corrected chi connectivity index (χ2v) is 9.63. The van der Waals surface area contributed by atoms with Gasteiger partial charge in [-0.2, -0.15) is 13.2 Å². The Morgan fingerprint density at radius 1 is 1.06 bits per heavy atom. The maximum Gasteiger partial charge on any atom is 0.391 e. The van der Waals surface area contributed by atoms with Gasteiger partial charge in [0, 0.05) is 48.0 Å². The number of aromatic nitrogens is 3. The number of aromatic amines is 1. The first-order valence-electron chi connectivity index (χ1n) is 11.6. The fourth-order valence-electron chi connectivity index (χ4n) is 5.32. The Kier molecular flexibility index (Phi) is 5.80. The quantitative estimate of drug-likeness (QED) is 0.408. The Bertz CT molecular complexity index is 1270. The van der Waals surface area contributed by atoms with E-state index in [4.69, 9.17) is 4.42 Å². The zero-order valence-corrected chi connectivity index (χ0v) is 19.0. The minimum Gasteiger partial charge on any atom is -0.444 e. The Hall–Kier alpha value is -3.04. The molecule has 35 heavy (non-hydrogen) atoms. The van der Waals surface area contributed by atoms with E-state index in [9.17, 15) is 26.7 Å². The fraction of sp³-hybridized carbons (Fsp3) is 0.480. The second-order valence-electron chi connectivity index (χ2n) is 9.63. The van der Waals surface area contributed by atoms with Crippen LogP contribution in [0.3, 0.4) is 0 Å². The van der Waals surface area contributed by atoms with E-state index in [0.29, 0.717) is 35.5 Å². The molecule has 0 aromatic carbocycles. The Labute approximate surface area is 197 Å². The maximum absolute atomic E-state index is 13.5. The average Bonchev–Trinajstić information content (AvgIpc) is 3.30. The number of alkyl halides is 5. The number of pyridine rings is 2. The highest BCUT2D eigenvalue weighted by Gasteiger charge is 2.47. The van der Waals surface area contributed by atoms with Crippen molar-refractivity contribution < 1.29 is 26.4 Å². The van der Waals surface area contributed by atoms with Gasteiger partial charge in [0.05, 0.1) is 17.8 Å². The predicted molar refractivity (Wildman–Crippen MR) is 118 cm³/mol. The predicted octanol–water partition coefficient (Wildman–Crippen LogP) is 6.75. The van der Waals surface area contributed by atoms with Crippen molar-refractivity contribution in [3.8, 4) is 22.7 Å². The van der Waals surface area contributed by atoms with Gasteiger partial charge < -0.3 is 9.40 Å². The van der Waals surface area contributed by atoms with Gasteiger partial charge in [0.15, 0.2) is 5.43 Å². The highest BCUT2D eigenvalue weighted by Crippen LogP contribution is 2.50. The molecule has 0 bridgehead atoms. The smallest absolute Gasteiger partial charge is 0.391 e. The molecular formula is C25H24F5N3O2. The molecule has 186 valence electrons. The standard InChI is InChI=1S/C25H24F5N3O2/c1-13-22(23-31-6-7-35-23)21(34)9-20(33-13)18-12-32-19(15-10-24(26,27)11-15)8-17(18)14-2-4-16(5-3-14)25(28,29)30/h6-9,12,14-16H,2-5,10-11H2,1H3,(H,33,34). The highest BCUT2D eigenvalue weighted by molar-refractivity contribution is 5.68. The lowest BCUT2D eigenvalue weighted by molar-refractivity contribution is -0.182. The number of hydrogen-bond acceptors (Lipinski definition) is 4. The first-order valence-corrected chi connectivity index (χ1v) is 11.6. The van der Waals surface area contributed by atoms with E-state index in [0.717, 1.165) is 5.56 Å². The van der Waals surface area contributed by atoms with E-state index in [1.807, 2.05) is 0 Å². The summed E-state index contributed by atoms with van der Waals surface area (Å²) in [6.45, 7) is 1.71. The van der Waals surface area contributed by atoms with E-state index in [2.05, 4.69) is 15.0 Å². The van der Waals surface area contributed by atoms with E-state index in [1.54, 1.807) is 19.2 Å². The molecule has 0 unspecified atom stereocenters. The Morgan fingerprint density at radius 2 is 1.77 bits per heavy atom. The Balaban J connectivity index is 1.53. The summed E-state index contributed by atoms with van der Waals surface area (Å²) >= 11 is 0. The van der Waals surface area contributed by atoms with Crippen LogP contribution in [0, 0.1) is 12.8 Å². The molecule has 2 aliphatic carbocycles. The van der Waals surface area contributed by atoms with E-state index >= 15 is 0 Å². The summed E-state index contributed by atoms with van der Waals surface area (Å²) in [6.07, 6.45) is 0.184. The van der Waals surface area contributed by atoms with Crippen molar-refractivity contribution in [2.24, 2.45) is 5.92 Å². The largest absolute Gasteiger partial charge is 0.444 e. The van der Waals surface area contributed by atoms with Crippen molar-refractivity contribution >= 4 is 0 Å². The fourth-order valence-corrected chi connectivity index (χ4v) is 5.32. The number of H-pyrrole nitrogens is 1. The zero-order valence-electron chi connectivity index (χ0n) is 19.0. The molecule has 0 aliphatic heterocycles. The molecule has 2 aliphatic rings. The van der Waals surface area contributed by atoms with Crippen molar-refractivity contribution in [1.29, 1.82) is 0 Å². The van der Waals surface area contributed by atoms with Gasteiger partial charge in [-0.15, -0.1) is 0 Å². The average molecular weight is 493 g/mol. The molecule has 2 saturated carbocycles. The third-order valence-electron chi connectivity index (χ3n) is 7.25. The van der Waals surface area contributed by atoms with Gasteiger partial charge in [0.1, 0.15) is 11.8 Å². The molecule has 3 heterocycles. The summed E-state index contributed by atoms with van der Waals surface area (Å²) in [5.41, 5.74) is 2.79. The highest BCUT2D eigenvalue weighted by atomic mass is 19.4. The third kappa shape index (κ3) is 4.62. The van der Waals surface area contributed by atoms with Crippen LogP contribution in [0.2, 0.25) is 0 Å². The molecule has 3 aromatic heterocycles. The lowest BCUT2D eigenvalue weighted by Crippen LogP contribution is -2.34. The SMILES string of the molecule is Cc1[nH]c(-c2cnc(C3CC(F)(F)C3)cc2C2CCC(C(F)(F)F)CC2)cc(=O)c1-c1ncco1. The number of nitrogens with zero attached hydrogens (tertiary/aromatic N) is 2. The van der Waals surface area contributed by atoms with Gasteiger partial charge in [-0.25, -0.2) is 13.8 Å². The molecule has 5 rings (SSSR count). The number of nitrogens with one attached hydrogen (secondary N) is 1. The normalized spacial score (nSPS) is 22.7. The maximum atomic E-state index is 13.5. The molecule has 0 radical (unpaired) electrons. The monoisotopic (exact) mass is 493 g/mol. The molecule has 0 atom stereocenters. The number of aryl methyl sites for hydroxylation is 1. The van der Waals surface area contributed by atoms with Crippen LogP contribution >= 0.6 is 0 Å². The summed E-state index contributed by atoms with van der Waals surface area (Å²) in [7, 11) is 0. The number of hydrogen-bond donors (Lipinski definition) is 1. The Morgan fingerprint density at radius 3 is 2.34 bits per heavy atom. The van der Waals surface area contributed by atoms with Crippen molar-refractivity contribution in [2.45, 2.75) is 69.4 Å². The third-order valence-corrected chi connectivity index (χ3v) is 7.25. The molecular weight excluding hydrogens is 469 g/mol. The first kappa shape index (κ1) is 23.7. The van der Waals surface area contributed by atoms with Crippen LogP contribution in [0.4, 0.5) is 22.0 Å². The van der Waals surface area contributed by atoms with Crippen molar-refractivity contribution in [3.05, 3.63) is 58.0 Å². The second kappa shape index (κ2) is 8.57. The number of halogens is 5. The van der Waals surface area contributed by atoms with Gasteiger partial charge in [0.2, 0.25) is 11.8 Å².